The van der Waals surface area contributed by atoms with Crippen LogP contribution in [-0.4, -0.2) is 6.54 Å². The van der Waals surface area contributed by atoms with Crippen molar-refractivity contribution in [3.05, 3.63) is 65.2 Å². The van der Waals surface area contributed by atoms with Gasteiger partial charge in [-0.25, -0.2) is 0 Å². The Morgan fingerprint density at radius 1 is 1.00 bits per heavy atom. The molecule has 0 aliphatic rings. The summed E-state index contributed by atoms with van der Waals surface area (Å²) in [5.74, 6) is 0.628. The highest BCUT2D eigenvalue weighted by molar-refractivity contribution is 6.30. The molecule has 0 aliphatic carbocycles. The highest BCUT2D eigenvalue weighted by Crippen LogP contribution is 2.31. The maximum Gasteiger partial charge on any atom is 0.220 e. The molecule has 0 aliphatic heterocycles. The molecule has 94 valence electrons. The monoisotopic (exact) mass is 281 g/mol. The number of hydrogen-bond donors (Lipinski definition) is 1. The summed E-state index contributed by atoms with van der Waals surface area (Å²) in [5, 5.41) is -0.412. The molecule has 18 heavy (non-hydrogen) atoms. The third-order valence-corrected chi connectivity index (χ3v) is 3.26. The van der Waals surface area contributed by atoms with Gasteiger partial charge in [-0.05, 0) is 24.3 Å². The first-order valence-electron chi connectivity index (χ1n) is 5.53. The SMILES string of the molecule is NCC(Cl)(Oc1ccc(Cl)cc1)c1ccccc1. The second kappa shape index (κ2) is 5.61. The van der Waals surface area contributed by atoms with Gasteiger partial charge in [-0.2, -0.15) is 0 Å². The van der Waals surface area contributed by atoms with Gasteiger partial charge in [0.25, 0.3) is 0 Å². The minimum Gasteiger partial charge on any atom is -0.466 e. The number of benzene rings is 2. The van der Waals surface area contributed by atoms with Crippen molar-refractivity contribution in [2.45, 2.75) is 5.06 Å². The van der Waals surface area contributed by atoms with Crippen LogP contribution in [0.15, 0.2) is 54.6 Å². The standard InChI is InChI=1S/C14H13Cl2NO/c15-12-6-8-13(9-7-12)18-14(16,10-17)11-4-2-1-3-5-11/h1-9H,10,17H2. The Balaban J connectivity index is 2.26. The van der Waals surface area contributed by atoms with Crippen LogP contribution in [0.4, 0.5) is 0 Å². The van der Waals surface area contributed by atoms with Gasteiger partial charge in [0.15, 0.2) is 0 Å². The molecule has 2 aromatic rings. The molecular formula is C14H13Cl2NO. The van der Waals surface area contributed by atoms with Crippen LogP contribution in [0.25, 0.3) is 0 Å². The van der Waals surface area contributed by atoms with Crippen LogP contribution in [0.1, 0.15) is 5.56 Å². The topological polar surface area (TPSA) is 35.2 Å². The molecule has 0 saturated carbocycles. The van der Waals surface area contributed by atoms with Gasteiger partial charge in [0, 0.05) is 10.6 Å². The molecule has 1 atom stereocenters. The lowest BCUT2D eigenvalue weighted by atomic mass is 10.1. The molecular weight excluding hydrogens is 269 g/mol. The fourth-order valence-electron chi connectivity index (χ4n) is 1.59. The lowest BCUT2D eigenvalue weighted by Crippen LogP contribution is -2.35. The number of rotatable bonds is 4. The van der Waals surface area contributed by atoms with Crippen LogP contribution < -0.4 is 10.5 Å². The van der Waals surface area contributed by atoms with Crippen molar-refractivity contribution in [3.8, 4) is 5.75 Å². The summed E-state index contributed by atoms with van der Waals surface area (Å²) >= 11 is 12.3. The second-order valence-corrected chi connectivity index (χ2v) is 4.90. The predicted molar refractivity (Wildman–Crippen MR) is 75.1 cm³/mol. The molecule has 0 spiro atoms. The Labute approximate surface area is 116 Å². The van der Waals surface area contributed by atoms with E-state index in [2.05, 4.69) is 0 Å². The van der Waals surface area contributed by atoms with Crippen LogP contribution in [0.3, 0.4) is 0 Å². The van der Waals surface area contributed by atoms with Gasteiger partial charge in [0.2, 0.25) is 5.06 Å². The normalized spacial score (nSPS) is 13.9. The fraction of sp³-hybridized carbons (Fsp3) is 0.143. The van der Waals surface area contributed by atoms with Gasteiger partial charge in [0.1, 0.15) is 5.75 Å². The summed E-state index contributed by atoms with van der Waals surface area (Å²) in [6.45, 7) is 0.168. The number of nitrogens with two attached hydrogens (primary N) is 1. The Bertz CT molecular complexity index is 501. The molecule has 0 fully saturated rings. The van der Waals surface area contributed by atoms with Crippen molar-refractivity contribution < 1.29 is 4.74 Å². The number of hydrogen-bond acceptors (Lipinski definition) is 2. The lowest BCUT2D eigenvalue weighted by molar-refractivity contribution is 0.167. The Morgan fingerprint density at radius 3 is 2.17 bits per heavy atom. The van der Waals surface area contributed by atoms with Crippen molar-refractivity contribution >= 4 is 23.2 Å². The van der Waals surface area contributed by atoms with Gasteiger partial charge in [0.05, 0.1) is 6.54 Å². The molecule has 1 unspecified atom stereocenters. The molecule has 2 aromatic carbocycles. The molecule has 2 nitrogen and oxygen atoms in total. The van der Waals surface area contributed by atoms with Crippen LogP contribution in [0.5, 0.6) is 5.75 Å². The Kier molecular flexibility index (Phi) is 4.12. The smallest absolute Gasteiger partial charge is 0.220 e. The summed E-state index contributed by atoms with van der Waals surface area (Å²) in [4.78, 5) is 0. The fourth-order valence-corrected chi connectivity index (χ4v) is 1.94. The maximum atomic E-state index is 6.44. The minimum absolute atomic E-state index is 0.168. The molecule has 0 amide bonds. The van der Waals surface area contributed by atoms with Crippen molar-refractivity contribution in [1.82, 2.24) is 0 Å². The van der Waals surface area contributed by atoms with Crippen LogP contribution in [0, 0.1) is 0 Å². The minimum atomic E-state index is -1.06. The molecule has 2 rings (SSSR count). The highest BCUT2D eigenvalue weighted by Gasteiger charge is 2.30. The summed E-state index contributed by atoms with van der Waals surface area (Å²) in [7, 11) is 0. The zero-order valence-corrected chi connectivity index (χ0v) is 11.2. The van der Waals surface area contributed by atoms with Crippen molar-refractivity contribution in [1.29, 1.82) is 0 Å². The predicted octanol–water partition coefficient (Wildman–Crippen LogP) is 3.77. The molecule has 0 heterocycles. The van der Waals surface area contributed by atoms with Crippen molar-refractivity contribution in [2.75, 3.05) is 6.54 Å². The zero-order valence-electron chi connectivity index (χ0n) is 9.64. The van der Waals surface area contributed by atoms with E-state index in [1.165, 1.54) is 0 Å². The molecule has 0 radical (unpaired) electrons. The highest BCUT2D eigenvalue weighted by atomic mass is 35.5. The van der Waals surface area contributed by atoms with E-state index in [9.17, 15) is 0 Å². The maximum absolute atomic E-state index is 6.44. The Hall–Kier alpha value is -1.22. The summed E-state index contributed by atoms with van der Waals surface area (Å²) in [6.07, 6.45) is 0. The van der Waals surface area contributed by atoms with E-state index in [0.717, 1.165) is 5.56 Å². The molecule has 0 bridgehead atoms. The van der Waals surface area contributed by atoms with E-state index in [1.807, 2.05) is 30.3 Å². The first-order valence-corrected chi connectivity index (χ1v) is 6.29. The summed E-state index contributed by atoms with van der Waals surface area (Å²) in [5.41, 5.74) is 6.56. The van der Waals surface area contributed by atoms with Crippen molar-refractivity contribution in [3.63, 3.8) is 0 Å². The lowest BCUT2D eigenvalue weighted by Gasteiger charge is -2.27. The zero-order chi connectivity index (χ0) is 13.0. The first kappa shape index (κ1) is 13.2. The van der Waals surface area contributed by atoms with Gasteiger partial charge in [-0.1, -0.05) is 53.5 Å². The summed E-state index contributed by atoms with van der Waals surface area (Å²) in [6, 6.07) is 16.5. The van der Waals surface area contributed by atoms with Gasteiger partial charge in [-0.15, -0.1) is 0 Å². The molecule has 4 heteroatoms. The van der Waals surface area contributed by atoms with Gasteiger partial charge < -0.3 is 10.5 Å². The second-order valence-electron chi connectivity index (χ2n) is 3.85. The molecule has 0 aromatic heterocycles. The molecule has 0 saturated heterocycles. The number of alkyl halides is 1. The third-order valence-electron chi connectivity index (χ3n) is 2.56. The van der Waals surface area contributed by atoms with Gasteiger partial charge in [-0.3, -0.25) is 0 Å². The molecule has 2 N–H and O–H groups in total. The van der Waals surface area contributed by atoms with Crippen LogP contribution in [-0.2, 0) is 5.06 Å². The van der Waals surface area contributed by atoms with E-state index >= 15 is 0 Å². The summed E-state index contributed by atoms with van der Waals surface area (Å²) < 4.78 is 5.77. The van der Waals surface area contributed by atoms with E-state index in [4.69, 9.17) is 33.7 Å². The quantitative estimate of drug-likeness (QED) is 0.866. The first-order chi connectivity index (χ1) is 8.64. The van der Waals surface area contributed by atoms with Crippen LogP contribution in [0.2, 0.25) is 5.02 Å². The van der Waals surface area contributed by atoms with Crippen LogP contribution >= 0.6 is 23.2 Å². The van der Waals surface area contributed by atoms with E-state index < -0.39 is 5.06 Å². The number of ether oxygens (including phenoxy) is 1. The Morgan fingerprint density at radius 2 is 1.61 bits per heavy atom. The third kappa shape index (κ3) is 2.96. The van der Waals surface area contributed by atoms with E-state index in [-0.39, 0.29) is 6.54 Å². The van der Waals surface area contributed by atoms with E-state index in [1.54, 1.807) is 24.3 Å². The van der Waals surface area contributed by atoms with Gasteiger partial charge >= 0.3 is 0 Å². The average molecular weight is 282 g/mol. The number of halogens is 2. The largest absolute Gasteiger partial charge is 0.466 e. The van der Waals surface area contributed by atoms with Crippen molar-refractivity contribution in [2.24, 2.45) is 5.73 Å². The van der Waals surface area contributed by atoms with E-state index in [0.29, 0.717) is 10.8 Å². The average Bonchev–Trinajstić information content (AvgIpc) is 2.42.